The molecule has 2 aliphatic heterocycles. The molecular weight excluding hydrogens is 206 g/mol. The standard InChI is InChI=1S/C11H13N3O2/c15-14(16)10-3-1-9(2-4-10)13-7-11(8-13)5-12-6-11/h1-4,12H,5-8H2. The lowest BCUT2D eigenvalue weighted by molar-refractivity contribution is -0.384. The topological polar surface area (TPSA) is 58.4 Å². The smallest absolute Gasteiger partial charge is 0.269 e. The third kappa shape index (κ3) is 1.36. The van der Waals surface area contributed by atoms with Gasteiger partial charge in [0.25, 0.3) is 5.69 Å². The van der Waals surface area contributed by atoms with Crippen LogP contribution in [0.25, 0.3) is 0 Å². The number of anilines is 1. The molecule has 2 heterocycles. The quantitative estimate of drug-likeness (QED) is 0.595. The second-order valence-corrected chi connectivity index (χ2v) is 4.73. The van der Waals surface area contributed by atoms with E-state index in [1.165, 1.54) is 0 Å². The maximum absolute atomic E-state index is 10.5. The predicted molar refractivity (Wildman–Crippen MR) is 60.6 cm³/mol. The molecule has 16 heavy (non-hydrogen) atoms. The van der Waals surface area contributed by atoms with Crippen LogP contribution in [0.2, 0.25) is 0 Å². The van der Waals surface area contributed by atoms with Crippen molar-refractivity contribution in [2.24, 2.45) is 5.41 Å². The molecule has 0 bridgehead atoms. The van der Waals surface area contributed by atoms with Crippen molar-refractivity contribution >= 4 is 11.4 Å². The Kier molecular flexibility index (Phi) is 1.91. The van der Waals surface area contributed by atoms with E-state index in [1.54, 1.807) is 12.1 Å². The molecule has 1 N–H and O–H groups in total. The second-order valence-electron chi connectivity index (χ2n) is 4.73. The number of benzene rings is 1. The van der Waals surface area contributed by atoms with Crippen LogP contribution in [0.15, 0.2) is 24.3 Å². The van der Waals surface area contributed by atoms with E-state index in [0.29, 0.717) is 5.41 Å². The minimum Gasteiger partial charge on any atom is -0.370 e. The van der Waals surface area contributed by atoms with Crippen molar-refractivity contribution in [3.63, 3.8) is 0 Å². The van der Waals surface area contributed by atoms with Gasteiger partial charge in [0.1, 0.15) is 0 Å². The first-order valence-corrected chi connectivity index (χ1v) is 5.39. The fraction of sp³-hybridized carbons (Fsp3) is 0.455. The summed E-state index contributed by atoms with van der Waals surface area (Å²) in [6.07, 6.45) is 0. The molecule has 0 saturated carbocycles. The highest BCUT2D eigenvalue weighted by atomic mass is 16.6. The number of nitrogens with zero attached hydrogens (tertiary/aromatic N) is 2. The zero-order valence-corrected chi connectivity index (χ0v) is 8.85. The Labute approximate surface area is 93.2 Å². The summed E-state index contributed by atoms with van der Waals surface area (Å²) >= 11 is 0. The summed E-state index contributed by atoms with van der Waals surface area (Å²) in [4.78, 5) is 12.4. The number of nitrogens with one attached hydrogen (secondary N) is 1. The summed E-state index contributed by atoms with van der Waals surface area (Å²) < 4.78 is 0. The molecule has 2 saturated heterocycles. The Hall–Kier alpha value is -1.62. The van der Waals surface area contributed by atoms with Gasteiger partial charge in [0.15, 0.2) is 0 Å². The SMILES string of the molecule is O=[N+]([O-])c1ccc(N2CC3(CNC3)C2)cc1. The van der Waals surface area contributed by atoms with E-state index in [1.807, 2.05) is 12.1 Å². The van der Waals surface area contributed by atoms with Crippen LogP contribution in [-0.4, -0.2) is 31.1 Å². The third-order valence-corrected chi connectivity index (χ3v) is 3.48. The fourth-order valence-electron chi connectivity index (χ4n) is 2.43. The highest BCUT2D eigenvalue weighted by molar-refractivity contribution is 5.53. The highest BCUT2D eigenvalue weighted by Crippen LogP contribution is 2.37. The Balaban J connectivity index is 1.69. The Morgan fingerprint density at radius 1 is 1.25 bits per heavy atom. The van der Waals surface area contributed by atoms with Gasteiger partial charge in [0.2, 0.25) is 0 Å². The van der Waals surface area contributed by atoms with Crippen molar-refractivity contribution in [2.75, 3.05) is 31.1 Å². The molecule has 3 rings (SSSR count). The number of non-ortho nitro benzene ring substituents is 1. The number of rotatable bonds is 2. The molecule has 2 aliphatic rings. The monoisotopic (exact) mass is 219 g/mol. The number of nitro groups is 1. The lowest BCUT2D eigenvalue weighted by Crippen LogP contribution is -2.71. The van der Waals surface area contributed by atoms with Gasteiger partial charge in [-0.2, -0.15) is 0 Å². The van der Waals surface area contributed by atoms with Crippen molar-refractivity contribution in [3.8, 4) is 0 Å². The summed E-state index contributed by atoms with van der Waals surface area (Å²) in [5, 5.41) is 13.8. The van der Waals surface area contributed by atoms with Crippen molar-refractivity contribution in [1.82, 2.24) is 5.32 Å². The Morgan fingerprint density at radius 3 is 2.31 bits per heavy atom. The van der Waals surface area contributed by atoms with Gasteiger partial charge < -0.3 is 10.2 Å². The molecule has 1 aromatic rings. The largest absolute Gasteiger partial charge is 0.370 e. The highest BCUT2D eigenvalue weighted by Gasteiger charge is 2.47. The second kappa shape index (κ2) is 3.18. The minimum atomic E-state index is -0.364. The molecular formula is C11H13N3O2. The van der Waals surface area contributed by atoms with Crippen LogP contribution in [0.5, 0.6) is 0 Å². The van der Waals surface area contributed by atoms with E-state index >= 15 is 0 Å². The summed E-state index contributed by atoms with van der Waals surface area (Å²) in [6.45, 7) is 4.35. The number of hydrogen-bond donors (Lipinski definition) is 1. The summed E-state index contributed by atoms with van der Waals surface area (Å²) in [5.74, 6) is 0. The molecule has 5 heteroatoms. The average molecular weight is 219 g/mol. The van der Waals surface area contributed by atoms with E-state index in [2.05, 4.69) is 10.2 Å². The molecule has 0 atom stereocenters. The van der Waals surface area contributed by atoms with Crippen LogP contribution < -0.4 is 10.2 Å². The van der Waals surface area contributed by atoms with Gasteiger partial charge in [-0.3, -0.25) is 10.1 Å². The minimum absolute atomic E-state index is 0.157. The lowest BCUT2D eigenvalue weighted by atomic mass is 9.74. The molecule has 2 fully saturated rings. The first kappa shape index (κ1) is 9.59. The van der Waals surface area contributed by atoms with Crippen LogP contribution >= 0.6 is 0 Å². The number of hydrogen-bond acceptors (Lipinski definition) is 4. The fourth-order valence-corrected chi connectivity index (χ4v) is 2.43. The van der Waals surface area contributed by atoms with Gasteiger partial charge in [-0.1, -0.05) is 0 Å². The van der Waals surface area contributed by atoms with E-state index in [4.69, 9.17) is 0 Å². The first-order valence-electron chi connectivity index (χ1n) is 5.39. The van der Waals surface area contributed by atoms with Gasteiger partial charge in [0.05, 0.1) is 4.92 Å². The summed E-state index contributed by atoms with van der Waals surface area (Å²) in [5.41, 5.74) is 1.73. The molecule has 5 nitrogen and oxygen atoms in total. The van der Waals surface area contributed by atoms with Gasteiger partial charge in [-0.25, -0.2) is 0 Å². The van der Waals surface area contributed by atoms with Crippen LogP contribution in [-0.2, 0) is 0 Å². The van der Waals surface area contributed by atoms with E-state index in [-0.39, 0.29) is 10.6 Å². The first-order chi connectivity index (χ1) is 7.69. The van der Waals surface area contributed by atoms with E-state index in [0.717, 1.165) is 31.9 Å². The van der Waals surface area contributed by atoms with Gasteiger partial charge in [-0.05, 0) is 12.1 Å². The zero-order valence-electron chi connectivity index (χ0n) is 8.85. The van der Waals surface area contributed by atoms with Crippen LogP contribution in [0, 0.1) is 15.5 Å². The molecule has 1 spiro atoms. The van der Waals surface area contributed by atoms with Crippen molar-refractivity contribution < 1.29 is 4.92 Å². The normalized spacial score (nSPS) is 21.4. The van der Waals surface area contributed by atoms with Crippen LogP contribution in [0.4, 0.5) is 11.4 Å². The van der Waals surface area contributed by atoms with Crippen molar-refractivity contribution in [3.05, 3.63) is 34.4 Å². The molecule has 1 aromatic carbocycles. The van der Waals surface area contributed by atoms with Gasteiger partial charge in [-0.15, -0.1) is 0 Å². The van der Waals surface area contributed by atoms with Crippen LogP contribution in [0.1, 0.15) is 0 Å². The van der Waals surface area contributed by atoms with Crippen LogP contribution in [0.3, 0.4) is 0 Å². The maximum Gasteiger partial charge on any atom is 0.269 e. The van der Waals surface area contributed by atoms with Gasteiger partial charge in [0, 0.05) is 49.4 Å². The molecule has 84 valence electrons. The Morgan fingerprint density at radius 2 is 1.88 bits per heavy atom. The zero-order chi connectivity index (χ0) is 11.2. The van der Waals surface area contributed by atoms with E-state index in [9.17, 15) is 10.1 Å². The maximum atomic E-state index is 10.5. The molecule has 0 aliphatic carbocycles. The van der Waals surface area contributed by atoms with Gasteiger partial charge >= 0.3 is 0 Å². The molecule has 0 unspecified atom stereocenters. The van der Waals surface area contributed by atoms with Crippen molar-refractivity contribution in [2.45, 2.75) is 0 Å². The molecule has 0 amide bonds. The lowest BCUT2D eigenvalue weighted by Gasteiger charge is -2.57. The average Bonchev–Trinajstić information content (AvgIpc) is 2.14. The summed E-state index contributed by atoms with van der Waals surface area (Å²) in [6, 6.07) is 6.80. The summed E-state index contributed by atoms with van der Waals surface area (Å²) in [7, 11) is 0. The Bertz CT molecular complexity index is 417. The predicted octanol–water partition coefficient (Wildman–Crippen LogP) is 1.00. The third-order valence-electron chi connectivity index (χ3n) is 3.48. The molecule has 0 aromatic heterocycles. The number of nitro benzene ring substituents is 1. The molecule has 0 radical (unpaired) electrons. The van der Waals surface area contributed by atoms with Crippen molar-refractivity contribution in [1.29, 1.82) is 0 Å². The van der Waals surface area contributed by atoms with E-state index < -0.39 is 0 Å².